The first-order valence-corrected chi connectivity index (χ1v) is 14.6. The van der Waals surface area contributed by atoms with Gasteiger partial charge in [0.1, 0.15) is 10.7 Å². The van der Waals surface area contributed by atoms with Crippen molar-refractivity contribution in [3.05, 3.63) is 93.2 Å². The number of carbonyl (C=O) groups excluding carboxylic acids is 1. The molecule has 1 amide bonds. The predicted octanol–water partition coefficient (Wildman–Crippen LogP) is 5.35. The summed E-state index contributed by atoms with van der Waals surface area (Å²) < 4.78 is 42.9. The third-order valence-electron chi connectivity index (χ3n) is 6.88. The minimum atomic E-state index is -3.91. The van der Waals surface area contributed by atoms with Gasteiger partial charge in [-0.05, 0) is 47.5 Å². The maximum absolute atomic E-state index is 13.8. The fraction of sp³-hybridized carbons (Fsp3) is 0.250. The fourth-order valence-electron chi connectivity index (χ4n) is 4.87. The van der Waals surface area contributed by atoms with E-state index in [1.54, 1.807) is 41.3 Å². The number of amides is 1. The molecule has 2 heterocycles. The molecule has 204 valence electrons. The van der Waals surface area contributed by atoms with Crippen molar-refractivity contribution < 1.29 is 17.6 Å². The summed E-state index contributed by atoms with van der Waals surface area (Å²) in [5.41, 5.74) is 2.84. The van der Waals surface area contributed by atoms with Gasteiger partial charge in [-0.1, -0.05) is 53.6 Å². The van der Waals surface area contributed by atoms with Gasteiger partial charge in [-0.25, -0.2) is 12.8 Å². The molecule has 0 unspecified atom stereocenters. The lowest BCUT2D eigenvalue weighted by Gasteiger charge is -2.35. The van der Waals surface area contributed by atoms with Gasteiger partial charge in [-0.15, -0.1) is 0 Å². The zero-order valence-electron chi connectivity index (χ0n) is 21.2. The number of hydrogen-bond donors (Lipinski definition) is 1. The van der Waals surface area contributed by atoms with E-state index in [9.17, 15) is 17.6 Å². The van der Waals surface area contributed by atoms with Crippen molar-refractivity contribution in [3.63, 3.8) is 0 Å². The molecule has 1 saturated heterocycles. The number of halogens is 3. The van der Waals surface area contributed by atoms with Crippen molar-refractivity contribution in [1.29, 1.82) is 0 Å². The number of rotatable bonds is 6. The molecule has 39 heavy (non-hydrogen) atoms. The average molecular weight is 590 g/mol. The van der Waals surface area contributed by atoms with Crippen molar-refractivity contribution in [2.45, 2.75) is 11.4 Å². The molecule has 0 spiro atoms. The van der Waals surface area contributed by atoms with Gasteiger partial charge in [0.15, 0.2) is 0 Å². The highest BCUT2D eigenvalue weighted by molar-refractivity contribution is 7.92. The number of hydrogen-bond acceptors (Lipinski definition) is 5. The summed E-state index contributed by atoms with van der Waals surface area (Å²) in [7, 11) is -2.07. The molecule has 1 fully saturated rings. The van der Waals surface area contributed by atoms with E-state index in [2.05, 4.69) is 9.62 Å². The van der Waals surface area contributed by atoms with Crippen molar-refractivity contribution in [3.8, 4) is 0 Å². The summed E-state index contributed by atoms with van der Waals surface area (Å²) in [5, 5.41) is 0.253. The van der Waals surface area contributed by atoms with Gasteiger partial charge >= 0.3 is 0 Å². The molecular weight excluding hydrogens is 562 g/mol. The number of likely N-dealkylation sites (N-methyl/N-ethyl adjacent to an activating group) is 1. The second-order valence-electron chi connectivity index (χ2n) is 9.59. The van der Waals surface area contributed by atoms with Crippen LogP contribution < -0.4 is 9.62 Å². The Balaban J connectivity index is 1.24. The first kappa shape index (κ1) is 27.5. The van der Waals surface area contributed by atoms with E-state index in [4.69, 9.17) is 23.2 Å². The molecule has 0 aromatic heterocycles. The van der Waals surface area contributed by atoms with E-state index in [0.717, 1.165) is 11.1 Å². The Morgan fingerprint density at radius 2 is 1.77 bits per heavy atom. The SMILES string of the molecule is CN1CC=Cc2cccc(S(=O)(=O)Nc3ccc(C(=O)N4CCN(Cc5ccc(Cl)c(F)c5)CC4)c(Cl)c3)c21. The standard InChI is InChI=1S/C28H27Cl2FN4O3S/c1-33-11-3-5-20-4-2-6-26(27(20)33)39(37,38)32-21-8-9-22(24(30)17-21)28(36)35-14-12-34(13-15-35)18-19-7-10-23(29)25(31)16-19/h2-10,16-17,32H,11-15,18H2,1H3. The molecule has 3 aromatic rings. The second-order valence-corrected chi connectivity index (χ2v) is 12.1. The van der Waals surface area contributed by atoms with Crippen molar-refractivity contribution in [2.75, 3.05) is 49.4 Å². The molecule has 0 aliphatic carbocycles. The van der Waals surface area contributed by atoms with E-state index < -0.39 is 15.8 Å². The summed E-state index contributed by atoms with van der Waals surface area (Å²) in [5.74, 6) is -0.673. The van der Waals surface area contributed by atoms with E-state index >= 15 is 0 Å². The lowest BCUT2D eigenvalue weighted by Crippen LogP contribution is -2.48. The third kappa shape index (κ3) is 5.91. The van der Waals surface area contributed by atoms with Crippen LogP contribution in [0.25, 0.3) is 6.08 Å². The summed E-state index contributed by atoms with van der Waals surface area (Å²) in [6.45, 7) is 3.38. The van der Waals surface area contributed by atoms with Crippen LogP contribution in [0.15, 0.2) is 65.6 Å². The van der Waals surface area contributed by atoms with Gasteiger partial charge in [-0.3, -0.25) is 14.4 Å². The highest BCUT2D eigenvalue weighted by Gasteiger charge is 2.26. The number of benzene rings is 3. The van der Waals surface area contributed by atoms with Gasteiger partial charge in [-0.2, -0.15) is 0 Å². The van der Waals surface area contributed by atoms with Crippen molar-refractivity contribution >= 4 is 56.6 Å². The van der Waals surface area contributed by atoms with Gasteiger partial charge in [0.2, 0.25) is 0 Å². The monoisotopic (exact) mass is 588 g/mol. The van der Waals surface area contributed by atoms with Crippen LogP contribution >= 0.6 is 23.2 Å². The summed E-state index contributed by atoms with van der Waals surface area (Å²) in [6.07, 6.45) is 3.88. The molecular formula is C28H27Cl2FN4O3S. The minimum absolute atomic E-state index is 0.0915. The number of carbonyl (C=O) groups is 1. The van der Waals surface area contributed by atoms with Crippen LogP contribution in [0.2, 0.25) is 10.0 Å². The van der Waals surface area contributed by atoms with E-state index in [-0.39, 0.29) is 26.5 Å². The average Bonchev–Trinajstić information content (AvgIpc) is 2.91. The van der Waals surface area contributed by atoms with Crippen LogP contribution in [0.4, 0.5) is 15.8 Å². The smallest absolute Gasteiger partial charge is 0.263 e. The van der Waals surface area contributed by atoms with Gasteiger partial charge in [0, 0.05) is 46.3 Å². The van der Waals surface area contributed by atoms with Gasteiger partial charge in [0.25, 0.3) is 15.9 Å². The molecule has 0 bridgehead atoms. The van der Waals surface area contributed by atoms with Crippen LogP contribution in [0.3, 0.4) is 0 Å². The molecule has 0 saturated carbocycles. The second kappa shape index (κ2) is 11.2. The Morgan fingerprint density at radius 1 is 1.00 bits per heavy atom. The lowest BCUT2D eigenvalue weighted by atomic mass is 10.1. The summed E-state index contributed by atoms with van der Waals surface area (Å²) in [6, 6.07) is 14.4. The summed E-state index contributed by atoms with van der Waals surface area (Å²) >= 11 is 12.2. The molecule has 7 nitrogen and oxygen atoms in total. The predicted molar refractivity (Wildman–Crippen MR) is 154 cm³/mol. The maximum Gasteiger partial charge on any atom is 0.263 e. The Hall–Kier alpha value is -3.11. The number of sulfonamides is 1. The Labute approximate surface area is 237 Å². The quantitative estimate of drug-likeness (QED) is 0.420. The largest absolute Gasteiger partial charge is 0.369 e. The fourth-order valence-corrected chi connectivity index (χ4v) is 6.58. The Kier molecular flexibility index (Phi) is 7.87. The van der Waals surface area contributed by atoms with Gasteiger partial charge < -0.3 is 9.80 Å². The van der Waals surface area contributed by atoms with Crippen LogP contribution in [0.5, 0.6) is 0 Å². The number of para-hydroxylation sites is 1. The first-order chi connectivity index (χ1) is 18.6. The number of anilines is 2. The van der Waals surface area contributed by atoms with Crippen LogP contribution in [0.1, 0.15) is 21.5 Å². The van der Waals surface area contributed by atoms with Crippen molar-refractivity contribution in [2.24, 2.45) is 0 Å². The minimum Gasteiger partial charge on any atom is -0.369 e. The number of nitrogens with one attached hydrogen (secondary N) is 1. The third-order valence-corrected chi connectivity index (χ3v) is 8.91. The first-order valence-electron chi connectivity index (χ1n) is 12.4. The van der Waals surface area contributed by atoms with Crippen molar-refractivity contribution in [1.82, 2.24) is 9.80 Å². The normalized spacial score (nSPS) is 15.8. The van der Waals surface area contributed by atoms with Crippen LogP contribution in [-0.4, -0.2) is 63.9 Å². The highest BCUT2D eigenvalue weighted by atomic mass is 35.5. The Bertz CT molecular complexity index is 1560. The van der Waals surface area contributed by atoms with E-state index in [0.29, 0.717) is 50.5 Å². The zero-order valence-corrected chi connectivity index (χ0v) is 23.5. The Morgan fingerprint density at radius 3 is 2.49 bits per heavy atom. The topological polar surface area (TPSA) is 73.0 Å². The van der Waals surface area contributed by atoms with E-state index in [1.807, 2.05) is 30.2 Å². The molecule has 1 N–H and O–H groups in total. The molecule has 2 aliphatic heterocycles. The molecule has 0 radical (unpaired) electrons. The van der Waals surface area contributed by atoms with Crippen LogP contribution in [-0.2, 0) is 16.6 Å². The number of fused-ring (bicyclic) bond motifs is 1. The zero-order chi connectivity index (χ0) is 27.7. The molecule has 3 aromatic carbocycles. The van der Waals surface area contributed by atoms with E-state index in [1.165, 1.54) is 12.1 Å². The molecule has 11 heteroatoms. The molecule has 2 aliphatic rings. The molecule has 0 atom stereocenters. The summed E-state index contributed by atoms with van der Waals surface area (Å²) in [4.78, 5) is 19.1. The lowest BCUT2D eigenvalue weighted by molar-refractivity contribution is 0.0628. The van der Waals surface area contributed by atoms with Crippen LogP contribution in [0, 0.1) is 5.82 Å². The molecule has 5 rings (SSSR count). The maximum atomic E-state index is 13.8. The highest BCUT2D eigenvalue weighted by Crippen LogP contribution is 2.34. The number of piperazine rings is 1. The van der Waals surface area contributed by atoms with Gasteiger partial charge in [0.05, 0.1) is 27.0 Å². The number of nitrogens with zero attached hydrogens (tertiary/aromatic N) is 3.